The summed E-state index contributed by atoms with van der Waals surface area (Å²) in [5.74, 6) is -0.351. The summed E-state index contributed by atoms with van der Waals surface area (Å²) in [5, 5.41) is 4.59. The standard InChI is InChI=1S/C22H14ClNO2/c23-15-10-11-17-19(12-15)16-8-4-5-9-18(16)21-20(17)24(22(25)26-21)13-14-6-2-1-3-7-14/h1-12H,13H2. The monoisotopic (exact) mass is 359 g/mol. The third-order valence-electron chi connectivity index (χ3n) is 4.78. The van der Waals surface area contributed by atoms with Gasteiger partial charge in [-0.2, -0.15) is 0 Å². The van der Waals surface area contributed by atoms with Crippen LogP contribution in [0.2, 0.25) is 5.02 Å². The summed E-state index contributed by atoms with van der Waals surface area (Å²) in [6.45, 7) is 0.461. The number of hydrogen-bond donors (Lipinski definition) is 0. The molecule has 0 atom stereocenters. The lowest BCUT2D eigenvalue weighted by Gasteiger charge is -2.09. The molecule has 0 aliphatic rings. The lowest BCUT2D eigenvalue weighted by molar-refractivity contribution is 0.519. The number of halogens is 1. The van der Waals surface area contributed by atoms with Crippen molar-refractivity contribution in [2.45, 2.75) is 6.54 Å². The first-order chi connectivity index (χ1) is 12.7. The highest BCUT2D eigenvalue weighted by molar-refractivity contribution is 6.33. The SMILES string of the molecule is O=c1oc2c3ccccc3c3cc(Cl)ccc3c2n1Cc1ccccc1. The van der Waals surface area contributed by atoms with E-state index >= 15 is 0 Å². The van der Waals surface area contributed by atoms with Crippen LogP contribution in [0.15, 0.2) is 82.0 Å². The fraction of sp³-hybridized carbons (Fsp3) is 0.0455. The van der Waals surface area contributed by atoms with Gasteiger partial charge in [0.25, 0.3) is 0 Å². The van der Waals surface area contributed by atoms with Crippen molar-refractivity contribution in [3.8, 4) is 0 Å². The molecule has 0 amide bonds. The first kappa shape index (κ1) is 15.2. The minimum absolute atomic E-state index is 0.351. The predicted molar refractivity (Wildman–Crippen MR) is 106 cm³/mol. The smallest absolute Gasteiger partial charge is 0.407 e. The Morgan fingerprint density at radius 3 is 2.35 bits per heavy atom. The minimum Gasteiger partial charge on any atom is -0.407 e. The van der Waals surface area contributed by atoms with Crippen LogP contribution < -0.4 is 5.76 Å². The maximum Gasteiger partial charge on any atom is 0.420 e. The molecular weight excluding hydrogens is 346 g/mol. The van der Waals surface area contributed by atoms with Crippen molar-refractivity contribution in [2.24, 2.45) is 0 Å². The van der Waals surface area contributed by atoms with Crippen molar-refractivity contribution in [2.75, 3.05) is 0 Å². The zero-order valence-electron chi connectivity index (χ0n) is 13.8. The Hall–Kier alpha value is -3.04. The van der Waals surface area contributed by atoms with E-state index in [1.165, 1.54) is 0 Å². The molecule has 4 heteroatoms. The molecule has 0 saturated carbocycles. The van der Waals surface area contributed by atoms with E-state index in [0.717, 1.165) is 32.6 Å². The average molecular weight is 360 g/mol. The third kappa shape index (κ3) is 2.25. The summed E-state index contributed by atoms with van der Waals surface area (Å²) >= 11 is 6.25. The van der Waals surface area contributed by atoms with E-state index < -0.39 is 0 Å². The van der Waals surface area contributed by atoms with Gasteiger partial charge in [0.05, 0.1) is 12.1 Å². The molecule has 0 unspecified atom stereocenters. The van der Waals surface area contributed by atoms with Crippen LogP contribution in [0.4, 0.5) is 0 Å². The summed E-state index contributed by atoms with van der Waals surface area (Å²) in [6.07, 6.45) is 0. The van der Waals surface area contributed by atoms with Gasteiger partial charge in [-0.1, -0.05) is 72.3 Å². The average Bonchev–Trinajstić information content (AvgIpc) is 2.99. The highest BCUT2D eigenvalue weighted by Gasteiger charge is 2.17. The molecule has 1 aromatic heterocycles. The van der Waals surface area contributed by atoms with Gasteiger partial charge < -0.3 is 4.42 Å². The molecule has 0 aliphatic heterocycles. The molecule has 0 N–H and O–H groups in total. The van der Waals surface area contributed by atoms with Crippen LogP contribution in [0, 0.1) is 0 Å². The summed E-state index contributed by atoms with van der Waals surface area (Å²) in [4.78, 5) is 12.7. The van der Waals surface area contributed by atoms with Crippen molar-refractivity contribution in [3.05, 3.63) is 93.9 Å². The number of benzene rings is 4. The Morgan fingerprint density at radius 2 is 1.54 bits per heavy atom. The quantitative estimate of drug-likeness (QED) is 0.384. The Balaban J connectivity index is 1.95. The van der Waals surface area contributed by atoms with Crippen molar-refractivity contribution >= 4 is 44.2 Å². The zero-order valence-corrected chi connectivity index (χ0v) is 14.5. The number of nitrogens with zero attached hydrogens (tertiary/aromatic N) is 1. The van der Waals surface area contributed by atoms with Gasteiger partial charge in [-0.15, -0.1) is 0 Å². The van der Waals surface area contributed by atoms with Gasteiger partial charge >= 0.3 is 5.76 Å². The molecule has 5 aromatic rings. The maximum atomic E-state index is 12.7. The second kappa shape index (κ2) is 5.75. The van der Waals surface area contributed by atoms with Crippen molar-refractivity contribution < 1.29 is 4.42 Å². The van der Waals surface area contributed by atoms with Crippen molar-refractivity contribution in [3.63, 3.8) is 0 Å². The Kier molecular flexibility index (Phi) is 3.37. The Morgan fingerprint density at radius 1 is 0.808 bits per heavy atom. The predicted octanol–water partition coefficient (Wildman–Crippen LogP) is 5.60. The van der Waals surface area contributed by atoms with E-state index in [9.17, 15) is 4.79 Å². The second-order valence-corrected chi connectivity index (χ2v) is 6.79. The number of aromatic nitrogens is 1. The van der Waals surface area contributed by atoms with Crippen LogP contribution >= 0.6 is 11.6 Å². The highest BCUT2D eigenvalue weighted by atomic mass is 35.5. The molecule has 0 fully saturated rings. The molecular formula is C22H14ClNO2. The van der Waals surface area contributed by atoms with Gasteiger partial charge in [-0.25, -0.2) is 4.79 Å². The molecule has 26 heavy (non-hydrogen) atoms. The van der Waals surface area contributed by atoms with Crippen LogP contribution in [-0.2, 0) is 6.54 Å². The molecule has 3 nitrogen and oxygen atoms in total. The summed E-state index contributed by atoms with van der Waals surface area (Å²) < 4.78 is 7.40. The largest absolute Gasteiger partial charge is 0.420 e. The fourth-order valence-corrected chi connectivity index (χ4v) is 3.80. The molecule has 4 aromatic carbocycles. The van der Waals surface area contributed by atoms with Crippen LogP contribution in [0.3, 0.4) is 0 Å². The third-order valence-corrected chi connectivity index (χ3v) is 5.01. The lowest BCUT2D eigenvalue weighted by Crippen LogP contribution is -2.14. The zero-order chi connectivity index (χ0) is 17.7. The number of hydrogen-bond acceptors (Lipinski definition) is 2. The number of rotatable bonds is 2. The Bertz CT molecular complexity index is 1330. The molecule has 0 bridgehead atoms. The van der Waals surface area contributed by atoms with E-state index in [4.69, 9.17) is 16.0 Å². The van der Waals surface area contributed by atoms with Crippen LogP contribution in [0.1, 0.15) is 5.56 Å². The Labute approximate surface area is 154 Å². The maximum absolute atomic E-state index is 12.7. The van der Waals surface area contributed by atoms with E-state index in [1.807, 2.05) is 72.8 Å². The van der Waals surface area contributed by atoms with Crippen molar-refractivity contribution in [1.82, 2.24) is 4.57 Å². The van der Waals surface area contributed by atoms with Crippen LogP contribution in [0.25, 0.3) is 32.6 Å². The lowest BCUT2D eigenvalue weighted by atomic mass is 10.00. The molecule has 0 saturated heterocycles. The van der Waals surface area contributed by atoms with E-state index in [0.29, 0.717) is 17.2 Å². The van der Waals surface area contributed by atoms with E-state index in [-0.39, 0.29) is 5.76 Å². The van der Waals surface area contributed by atoms with E-state index in [2.05, 4.69) is 0 Å². The molecule has 5 rings (SSSR count). The normalized spacial score (nSPS) is 11.6. The van der Waals surface area contributed by atoms with Gasteiger partial charge in [0.2, 0.25) is 0 Å². The molecule has 126 valence electrons. The summed E-state index contributed by atoms with van der Waals surface area (Å²) in [5.41, 5.74) is 2.48. The molecule has 1 heterocycles. The molecule has 0 aliphatic carbocycles. The van der Waals surface area contributed by atoms with Crippen LogP contribution in [-0.4, -0.2) is 4.57 Å². The van der Waals surface area contributed by atoms with Crippen molar-refractivity contribution in [1.29, 1.82) is 0 Å². The van der Waals surface area contributed by atoms with Gasteiger partial charge in [0.15, 0.2) is 5.58 Å². The minimum atomic E-state index is -0.351. The summed E-state index contributed by atoms with van der Waals surface area (Å²) in [6, 6.07) is 23.6. The van der Waals surface area contributed by atoms with Gasteiger partial charge in [-0.05, 0) is 28.5 Å². The first-order valence-electron chi connectivity index (χ1n) is 8.39. The van der Waals surface area contributed by atoms with Gasteiger partial charge in [0.1, 0.15) is 0 Å². The molecule has 0 spiro atoms. The fourth-order valence-electron chi connectivity index (χ4n) is 3.63. The van der Waals surface area contributed by atoms with Gasteiger partial charge in [0, 0.05) is 15.8 Å². The number of fused-ring (bicyclic) bond motifs is 6. The topological polar surface area (TPSA) is 35.1 Å². The number of oxazole rings is 1. The summed E-state index contributed by atoms with van der Waals surface area (Å²) in [7, 11) is 0. The van der Waals surface area contributed by atoms with Gasteiger partial charge in [-0.3, -0.25) is 4.57 Å². The van der Waals surface area contributed by atoms with E-state index in [1.54, 1.807) is 4.57 Å². The highest BCUT2D eigenvalue weighted by Crippen LogP contribution is 2.36. The molecule has 0 radical (unpaired) electrons. The second-order valence-electron chi connectivity index (χ2n) is 6.35. The van der Waals surface area contributed by atoms with Crippen LogP contribution in [0.5, 0.6) is 0 Å². The first-order valence-corrected chi connectivity index (χ1v) is 8.77.